The van der Waals surface area contributed by atoms with Gasteiger partial charge in [0.1, 0.15) is 49.4 Å². The molecule has 4 aromatic carbocycles. The minimum atomic E-state index is -0.984. The number of ether oxygens (including phenoxy) is 4. The third kappa shape index (κ3) is 12.0. The molecule has 0 unspecified atom stereocenters. The van der Waals surface area contributed by atoms with Crippen LogP contribution in [0.1, 0.15) is 64.8 Å². The van der Waals surface area contributed by atoms with Crippen LogP contribution in [0.25, 0.3) is 16.0 Å². The molecular formula is C50H48Cl3N3O7. The molecule has 0 aliphatic heterocycles. The number of aryl methyl sites for hydroxylation is 2. The van der Waals surface area contributed by atoms with Crippen molar-refractivity contribution in [1.82, 2.24) is 9.97 Å². The van der Waals surface area contributed by atoms with E-state index in [4.69, 9.17) is 60.3 Å². The molecule has 10 nitrogen and oxygen atoms in total. The Labute approximate surface area is 383 Å². The molecule has 0 radical (unpaired) electrons. The van der Waals surface area contributed by atoms with E-state index in [1.54, 1.807) is 62.8 Å². The predicted molar refractivity (Wildman–Crippen MR) is 246 cm³/mol. The number of pyridine rings is 2. The fraction of sp³-hybridized carbons (Fsp3) is 0.280. The molecule has 0 bridgehead atoms. The maximum absolute atomic E-state index is 12.2. The topological polar surface area (TPSA) is 125 Å². The second kappa shape index (κ2) is 21.5. The van der Waals surface area contributed by atoms with Gasteiger partial charge < -0.3 is 29.2 Å². The van der Waals surface area contributed by atoms with Gasteiger partial charge in [0, 0.05) is 42.5 Å². The number of carbonyl (C=O) groups is 1. The summed E-state index contributed by atoms with van der Waals surface area (Å²) in [5.74, 6) is -0.503. The molecule has 6 rings (SSSR count). The highest BCUT2D eigenvalue weighted by molar-refractivity contribution is 6.36. The SMILES string of the molecule is [C-]#[N+]c1cncc(COc2cc(OCc3cccc(-c4cccc(COc5cc(OCc6cncc(C)c6)c(Cl)cc5Cl)c4C)c3C)c(Cl)cc2CC[C@H](C(=O)O)[C@@H](C)[C@H](C)O)c1. The number of hydrogen-bond acceptors (Lipinski definition) is 8. The molecule has 2 aromatic heterocycles. The highest BCUT2D eigenvalue weighted by Gasteiger charge is 2.28. The summed E-state index contributed by atoms with van der Waals surface area (Å²) in [4.78, 5) is 24.0. The zero-order valence-electron chi connectivity index (χ0n) is 35.6. The van der Waals surface area contributed by atoms with Crippen molar-refractivity contribution in [2.45, 2.75) is 80.0 Å². The Balaban J connectivity index is 1.19. The fourth-order valence-electron chi connectivity index (χ4n) is 7.21. The van der Waals surface area contributed by atoms with Crippen molar-refractivity contribution in [3.63, 3.8) is 0 Å². The average Bonchev–Trinajstić information content (AvgIpc) is 3.26. The van der Waals surface area contributed by atoms with Crippen molar-refractivity contribution in [1.29, 1.82) is 0 Å². The van der Waals surface area contributed by atoms with Gasteiger partial charge in [-0.2, -0.15) is 0 Å². The van der Waals surface area contributed by atoms with Crippen molar-refractivity contribution in [3.8, 4) is 34.1 Å². The van der Waals surface area contributed by atoms with E-state index in [9.17, 15) is 15.0 Å². The summed E-state index contributed by atoms with van der Waals surface area (Å²) in [6, 6.07) is 22.6. The first-order valence-corrected chi connectivity index (χ1v) is 21.5. The minimum absolute atomic E-state index is 0.107. The lowest BCUT2D eigenvalue weighted by atomic mass is 9.85. The molecule has 0 fully saturated rings. The molecule has 0 amide bonds. The lowest BCUT2D eigenvalue weighted by Crippen LogP contribution is -2.29. The first kappa shape index (κ1) is 46.7. The molecule has 0 aliphatic rings. The molecule has 13 heteroatoms. The molecule has 2 heterocycles. The van der Waals surface area contributed by atoms with Crippen LogP contribution in [-0.4, -0.2) is 32.3 Å². The molecule has 3 atom stereocenters. The van der Waals surface area contributed by atoms with Gasteiger partial charge in [-0.1, -0.05) is 78.1 Å². The number of hydrogen-bond donors (Lipinski definition) is 2. The van der Waals surface area contributed by atoms with Crippen LogP contribution in [0.5, 0.6) is 23.0 Å². The van der Waals surface area contributed by atoms with Crippen LogP contribution >= 0.6 is 34.8 Å². The van der Waals surface area contributed by atoms with Gasteiger partial charge >= 0.3 is 5.97 Å². The van der Waals surface area contributed by atoms with Crippen LogP contribution in [0.15, 0.2) is 97.6 Å². The van der Waals surface area contributed by atoms with Gasteiger partial charge in [0.15, 0.2) is 0 Å². The van der Waals surface area contributed by atoms with Gasteiger partial charge in [-0.3, -0.25) is 14.8 Å². The molecule has 6 aromatic rings. The highest BCUT2D eigenvalue weighted by Crippen LogP contribution is 2.39. The Kier molecular flexibility index (Phi) is 15.9. The summed E-state index contributed by atoms with van der Waals surface area (Å²) >= 11 is 19.9. The van der Waals surface area contributed by atoms with Crippen LogP contribution in [0, 0.1) is 39.2 Å². The Hall–Kier alpha value is -5.83. The van der Waals surface area contributed by atoms with Crippen molar-refractivity contribution in [2.24, 2.45) is 11.8 Å². The smallest absolute Gasteiger partial charge is 0.306 e. The first-order chi connectivity index (χ1) is 30.2. The van der Waals surface area contributed by atoms with Crippen molar-refractivity contribution in [2.75, 3.05) is 0 Å². The maximum atomic E-state index is 12.2. The Morgan fingerprint density at radius 2 is 1.17 bits per heavy atom. The zero-order chi connectivity index (χ0) is 45.2. The first-order valence-electron chi connectivity index (χ1n) is 20.3. The van der Waals surface area contributed by atoms with Crippen LogP contribution in [0.3, 0.4) is 0 Å². The average molecular weight is 909 g/mol. The number of carboxylic acid groups (broad SMARTS) is 1. The fourth-order valence-corrected chi connectivity index (χ4v) is 7.95. The van der Waals surface area contributed by atoms with E-state index in [2.05, 4.69) is 40.8 Å². The van der Waals surface area contributed by atoms with Crippen molar-refractivity contribution in [3.05, 3.63) is 169 Å². The van der Waals surface area contributed by atoms with E-state index in [1.807, 2.05) is 37.3 Å². The third-order valence-corrected chi connectivity index (χ3v) is 12.0. The van der Waals surface area contributed by atoms with Gasteiger partial charge in [-0.05, 0) is 121 Å². The van der Waals surface area contributed by atoms with Gasteiger partial charge in [0.25, 0.3) is 0 Å². The van der Waals surface area contributed by atoms with E-state index in [1.165, 1.54) is 6.20 Å². The summed E-state index contributed by atoms with van der Waals surface area (Å²) in [7, 11) is 0. The number of rotatable bonds is 19. The third-order valence-electron chi connectivity index (χ3n) is 11.1. The van der Waals surface area contributed by atoms with Crippen LogP contribution < -0.4 is 18.9 Å². The molecule has 0 saturated carbocycles. The lowest BCUT2D eigenvalue weighted by Gasteiger charge is -2.23. The van der Waals surface area contributed by atoms with Gasteiger partial charge in [0.2, 0.25) is 5.69 Å². The van der Waals surface area contributed by atoms with Gasteiger partial charge in [-0.25, -0.2) is 4.85 Å². The Morgan fingerprint density at radius 3 is 1.71 bits per heavy atom. The molecule has 0 saturated heterocycles. The van der Waals surface area contributed by atoms with E-state index >= 15 is 0 Å². The largest absolute Gasteiger partial charge is 0.488 e. The predicted octanol–water partition coefficient (Wildman–Crippen LogP) is 12.5. The van der Waals surface area contributed by atoms with Crippen molar-refractivity contribution >= 4 is 46.5 Å². The Morgan fingerprint density at radius 1 is 0.667 bits per heavy atom. The van der Waals surface area contributed by atoms with E-state index in [-0.39, 0.29) is 32.8 Å². The molecule has 326 valence electrons. The van der Waals surface area contributed by atoms with Crippen molar-refractivity contribution < 1.29 is 34.0 Å². The lowest BCUT2D eigenvalue weighted by molar-refractivity contribution is -0.145. The number of aliphatic hydroxyl groups excluding tert-OH is 1. The summed E-state index contributed by atoms with van der Waals surface area (Å²) in [6.45, 7) is 17.6. The highest BCUT2D eigenvalue weighted by atomic mass is 35.5. The normalized spacial score (nSPS) is 12.5. The summed E-state index contributed by atoms with van der Waals surface area (Å²) in [6.07, 6.45) is 6.42. The standard InChI is InChI=1S/C50H48Cl3N3O7/c1-29-15-34(22-55-21-29)25-61-48-20-49(45(53)18-44(48)52)63-28-38-10-8-12-41(32(38)4)40-11-7-9-37(31(40)3)27-62-47-19-46(60-26-35-16-39(54-6)24-56-23-35)36(17-43(47)51)13-14-42(50(58)59)30(2)33(5)57/h7-12,15-24,30,33,42,57H,13-14,25-28H2,1-5H3,(H,58,59)/t30-,33-,42-/m0/s1. The number of aromatic nitrogens is 2. The number of halogens is 3. The molecule has 0 spiro atoms. The molecule has 2 N–H and O–H groups in total. The Bertz CT molecular complexity index is 2630. The van der Waals surface area contributed by atoms with E-state index in [0.29, 0.717) is 61.3 Å². The van der Waals surface area contributed by atoms with Crippen LogP contribution in [-0.2, 0) is 37.6 Å². The summed E-state index contributed by atoms with van der Waals surface area (Å²) < 4.78 is 25.0. The quantitative estimate of drug-likeness (QED) is 0.0764. The van der Waals surface area contributed by atoms with E-state index < -0.39 is 23.9 Å². The van der Waals surface area contributed by atoms with Gasteiger partial charge in [-0.15, -0.1) is 0 Å². The second-order valence-corrected chi connectivity index (χ2v) is 16.8. The van der Waals surface area contributed by atoms with Crippen LogP contribution in [0.2, 0.25) is 15.1 Å². The molecule has 0 aliphatic carbocycles. The number of nitrogens with zero attached hydrogens (tertiary/aromatic N) is 3. The molecular weight excluding hydrogens is 861 g/mol. The van der Waals surface area contributed by atoms with Crippen LogP contribution in [0.4, 0.5) is 5.69 Å². The minimum Gasteiger partial charge on any atom is -0.488 e. The monoisotopic (exact) mass is 907 g/mol. The summed E-state index contributed by atoms with van der Waals surface area (Å²) in [5, 5.41) is 21.2. The summed E-state index contributed by atoms with van der Waals surface area (Å²) in [5.41, 5.74) is 9.75. The molecule has 63 heavy (non-hydrogen) atoms. The second-order valence-electron chi connectivity index (χ2n) is 15.6. The number of benzene rings is 4. The number of aliphatic carboxylic acids is 1. The maximum Gasteiger partial charge on any atom is 0.306 e. The van der Waals surface area contributed by atoms with E-state index in [0.717, 1.165) is 44.5 Å². The number of aliphatic hydroxyl groups is 1. The number of carboxylic acids is 1. The van der Waals surface area contributed by atoms with Gasteiger partial charge in [0.05, 0.1) is 33.7 Å². The zero-order valence-corrected chi connectivity index (χ0v) is 37.9.